The third kappa shape index (κ3) is 1.35. The summed E-state index contributed by atoms with van der Waals surface area (Å²) in [6.45, 7) is 2.09. The molecule has 0 spiro atoms. The van der Waals surface area contributed by atoms with Crippen LogP contribution in [0.25, 0.3) is 11.2 Å². The van der Waals surface area contributed by atoms with Crippen LogP contribution < -0.4 is 0 Å². The maximum absolute atomic E-state index is 4.46. The average Bonchev–Trinajstić information content (AvgIpc) is 2.42. The first-order valence-corrected chi connectivity index (χ1v) is 4.98. The molecule has 0 aromatic carbocycles. The van der Waals surface area contributed by atoms with Crippen molar-refractivity contribution in [3.05, 3.63) is 22.6 Å². The fraction of sp³-hybridized carbons (Fsp3) is 0.333. The summed E-state index contributed by atoms with van der Waals surface area (Å²) in [4.78, 5) is 8.76. The number of fused-ring (bicyclic) bond motifs is 1. The van der Waals surface area contributed by atoms with Gasteiger partial charge in [0.2, 0.25) is 0 Å². The molecule has 0 aliphatic heterocycles. The fourth-order valence-electron chi connectivity index (χ4n) is 1.41. The van der Waals surface area contributed by atoms with Crippen LogP contribution in [0.4, 0.5) is 0 Å². The summed E-state index contributed by atoms with van der Waals surface area (Å²) in [5.41, 5.74) is 1.90. The van der Waals surface area contributed by atoms with Gasteiger partial charge in [0.25, 0.3) is 0 Å². The van der Waals surface area contributed by atoms with Crippen LogP contribution >= 0.6 is 15.9 Å². The van der Waals surface area contributed by atoms with Gasteiger partial charge in [0.05, 0.1) is 0 Å². The van der Waals surface area contributed by atoms with Crippen molar-refractivity contribution < 1.29 is 0 Å². The highest BCUT2D eigenvalue weighted by molar-refractivity contribution is 9.10. The Balaban J connectivity index is 2.76. The molecule has 2 heterocycles. The number of aromatic nitrogens is 3. The van der Waals surface area contributed by atoms with E-state index in [0.29, 0.717) is 0 Å². The van der Waals surface area contributed by atoms with Crippen molar-refractivity contribution in [2.75, 3.05) is 0 Å². The fourth-order valence-corrected chi connectivity index (χ4v) is 1.73. The Kier molecular flexibility index (Phi) is 2.07. The number of aryl methyl sites for hydroxylation is 2. The lowest BCUT2D eigenvalue weighted by atomic mass is 10.4. The lowest BCUT2D eigenvalue weighted by Crippen LogP contribution is -1.95. The Bertz CT molecular complexity index is 447. The van der Waals surface area contributed by atoms with Gasteiger partial charge in [-0.2, -0.15) is 0 Å². The molecule has 0 radical (unpaired) electrons. The smallest absolute Gasteiger partial charge is 0.159 e. The molecule has 0 saturated carbocycles. The molecular formula is C9H10BrN3. The summed E-state index contributed by atoms with van der Waals surface area (Å²) >= 11 is 3.38. The molecule has 0 fully saturated rings. The Morgan fingerprint density at radius 1 is 1.54 bits per heavy atom. The molecular weight excluding hydrogens is 230 g/mol. The number of imidazole rings is 1. The van der Waals surface area contributed by atoms with Crippen LogP contribution in [0, 0.1) is 0 Å². The molecule has 2 rings (SSSR count). The highest BCUT2D eigenvalue weighted by Gasteiger charge is 2.06. The van der Waals surface area contributed by atoms with E-state index in [0.717, 1.165) is 27.9 Å². The van der Waals surface area contributed by atoms with Crippen molar-refractivity contribution >= 4 is 27.1 Å². The predicted octanol–water partition coefficient (Wildman–Crippen LogP) is 2.29. The standard InChI is InChI=1S/C9H10BrN3/c1-3-8-12-7-4-6(10)5-11-9(7)13(8)2/h4-5H,3H2,1-2H3. The van der Waals surface area contributed by atoms with Gasteiger partial charge in [0.15, 0.2) is 5.65 Å². The second-order valence-electron chi connectivity index (χ2n) is 2.94. The van der Waals surface area contributed by atoms with E-state index in [1.165, 1.54) is 0 Å². The molecule has 0 saturated heterocycles. The summed E-state index contributed by atoms with van der Waals surface area (Å²) in [6, 6.07) is 1.99. The van der Waals surface area contributed by atoms with Crippen LogP contribution in [0.2, 0.25) is 0 Å². The van der Waals surface area contributed by atoms with Gasteiger partial charge in [-0.15, -0.1) is 0 Å². The van der Waals surface area contributed by atoms with Gasteiger partial charge in [0, 0.05) is 24.1 Å². The van der Waals surface area contributed by atoms with Crippen LogP contribution in [0.15, 0.2) is 16.7 Å². The van der Waals surface area contributed by atoms with E-state index in [-0.39, 0.29) is 0 Å². The summed E-state index contributed by atoms with van der Waals surface area (Å²) in [7, 11) is 2.00. The average molecular weight is 240 g/mol. The van der Waals surface area contributed by atoms with Crippen molar-refractivity contribution in [2.45, 2.75) is 13.3 Å². The van der Waals surface area contributed by atoms with Crippen LogP contribution in [0.5, 0.6) is 0 Å². The summed E-state index contributed by atoms with van der Waals surface area (Å²) in [6.07, 6.45) is 2.73. The molecule has 13 heavy (non-hydrogen) atoms. The Hall–Kier alpha value is -0.900. The maximum Gasteiger partial charge on any atom is 0.159 e. The third-order valence-corrected chi connectivity index (χ3v) is 2.52. The molecule has 0 bridgehead atoms. The highest BCUT2D eigenvalue weighted by Crippen LogP contribution is 2.17. The minimum atomic E-state index is 0.935. The second-order valence-corrected chi connectivity index (χ2v) is 3.85. The normalized spacial score (nSPS) is 11.0. The molecule has 0 atom stereocenters. The SMILES string of the molecule is CCc1nc2cc(Br)cnc2n1C. The number of nitrogens with zero attached hydrogens (tertiary/aromatic N) is 3. The van der Waals surface area contributed by atoms with Crippen molar-refractivity contribution in [1.82, 2.24) is 14.5 Å². The third-order valence-electron chi connectivity index (χ3n) is 2.08. The molecule has 0 amide bonds. The van der Waals surface area contributed by atoms with Crippen molar-refractivity contribution in [3.8, 4) is 0 Å². The molecule has 0 N–H and O–H groups in total. The number of halogens is 1. The monoisotopic (exact) mass is 239 g/mol. The van der Waals surface area contributed by atoms with E-state index in [1.807, 2.05) is 17.7 Å². The number of rotatable bonds is 1. The van der Waals surface area contributed by atoms with Gasteiger partial charge in [-0.05, 0) is 22.0 Å². The molecule has 68 valence electrons. The van der Waals surface area contributed by atoms with E-state index in [4.69, 9.17) is 0 Å². The van der Waals surface area contributed by atoms with E-state index < -0.39 is 0 Å². The zero-order chi connectivity index (χ0) is 9.42. The maximum atomic E-state index is 4.46. The van der Waals surface area contributed by atoms with Gasteiger partial charge in [-0.3, -0.25) is 0 Å². The number of hydrogen-bond donors (Lipinski definition) is 0. The van der Waals surface area contributed by atoms with E-state index in [9.17, 15) is 0 Å². The van der Waals surface area contributed by atoms with Crippen molar-refractivity contribution in [1.29, 1.82) is 0 Å². The van der Waals surface area contributed by atoms with Gasteiger partial charge in [-0.1, -0.05) is 6.92 Å². The molecule has 2 aromatic rings. The first kappa shape index (κ1) is 8.69. The minimum Gasteiger partial charge on any atom is -0.316 e. The van der Waals surface area contributed by atoms with Gasteiger partial charge in [-0.25, -0.2) is 9.97 Å². The zero-order valence-electron chi connectivity index (χ0n) is 7.58. The largest absolute Gasteiger partial charge is 0.316 e. The molecule has 2 aromatic heterocycles. The van der Waals surface area contributed by atoms with E-state index in [2.05, 4.69) is 32.8 Å². The van der Waals surface area contributed by atoms with E-state index in [1.54, 1.807) is 6.20 Å². The molecule has 3 nitrogen and oxygen atoms in total. The first-order valence-electron chi connectivity index (χ1n) is 4.19. The van der Waals surface area contributed by atoms with E-state index >= 15 is 0 Å². The first-order chi connectivity index (χ1) is 6.22. The topological polar surface area (TPSA) is 30.7 Å². The molecule has 0 aliphatic carbocycles. The van der Waals surface area contributed by atoms with Gasteiger partial charge in [0.1, 0.15) is 11.3 Å². The molecule has 0 unspecified atom stereocenters. The zero-order valence-corrected chi connectivity index (χ0v) is 9.17. The van der Waals surface area contributed by atoms with Gasteiger partial charge >= 0.3 is 0 Å². The Morgan fingerprint density at radius 2 is 2.31 bits per heavy atom. The Morgan fingerprint density at radius 3 is 3.00 bits per heavy atom. The van der Waals surface area contributed by atoms with Crippen LogP contribution in [0.3, 0.4) is 0 Å². The summed E-state index contributed by atoms with van der Waals surface area (Å²) in [5.74, 6) is 1.07. The van der Waals surface area contributed by atoms with Crippen LogP contribution in [-0.2, 0) is 13.5 Å². The van der Waals surface area contributed by atoms with Gasteiger partial charge < -0.3 is 4.57 Å². The quantitative estimate of drug-likeness (QED) is 0.765. The van der Waals surface area contributed by atoms with Crippen LogP contribution in [0.1, 0.15) is 12.7 Å². The Labute approximate surface area is 84.9 Å². The number of hydrogen-bond acceptors (Lipinski definition) is 2. The van der Waals surface area contributed by atoms with Crippen LogP contribution in [-0.4, -0.2) is 14.5 Å². The molecule has 0 aliphatic rings. The summed E-state index contributed by atoms with van der Waals surface area (Å²) < 4.78 is 3.00. The predicted molar refractivity (Wildman–Crippen MR) is 55.6 cm³/mol. The highest BCUT2D eigenvalue weighted by atomic mass is 79.9. The minimum absolute atomic E-state index is 0.935. The van der Waals surface area contributed by atoms with Crippen molar-refractivity contribution in [2.24, 2.45) is 7.05 Å². The second kappa shape index (κ2) is 3.10. The van der Waals surface area contributed by atoms with Crippen molar-refractivity contribution in [3.63, 3.8) is 0 Å². The number of pyridine rings is 1. The lowest BCUT2D eigenvalue weighted by molar-refractivity contribution is 0.821. The molecule has 4 heteroatoms. The lowest BCUT2D eigenvalue weighted by Gasteiger charge is -1.96. The summed E-state index contributed by atoms with van der Waals surface area (Å²) in [5, 5.41) is 0.